The highest BCUT2D eigenvalue weighted by atomic mass is 32.1. The van der Waals surface area contributed by atoms with Gasteiger partial charge >= 0.3 is 0 Å². The SMILES string of the molecule is CCOc1ccc2c(=O)c(-c3cscn3)c(/C=C/c3cccc([N+](=O)[O-])c3)oc2c1. The van der Waals surface area contributed by atoms with Crippen molar-refractivity contribution in [2.45, 2.75) is 6.92 Å². The minimum atomic E-state index is -0.455. The van der Waals surface area contributed by atoms with Crippen LogP contribution in [0.1, 0.15) is 18.2 Å². The Balaban J connectivity index is 1.88. The van der Waals surface area contributed by atoms with Crippen molar-refractivity contribution in [1.29, 1.82) is 0 Å². The fourth-order valence-corrected chi connectivity index (χ4v) is 3.60. The van der Waals surface area contributed by atoms with Crippen LogP contribution in [0.3, 0.4) is 0 Å². The first-order valence-electron chi connectivity index (χ1n) is 9.11. The van der Waals surface area contributed by atoms with E-state index in [0.29, 0.717) is 45.9 Å². The molecule has 0 saturated carbocycles. The molecule has 0 N–H and O–H groups in total. The maximum absolute atomic E-state index is 13.2. The van der Waals surface area contributed by atoms with E-state index in [1.54, 1.807) is 53.4 Å². The molecule has 30 heavy (non-hydrogen) atoms. The van der Waals surface area contributed by atoms with E-state index in [2.05, 4.69) is 4.98 Å². The Hall–Kier alpha value is -3.78. The van der Waals surface area contributed by atoms with Gasteiger partial charge in [0.2, 0.25) is 5.43 Å². The molecular formula is C22H16N2O5S. The monoisotopic (exact) mass is 420 g/mol. The van der Waals surface area contributed by atoms with E-state index in [0.717, 1.165) is 0 Å². The second-order valence-corrected chi connectivity index (χ2v) is 7.04. The fraction of sp³-hybridized carbons (Fsp3) is 0.0909. The summed E-state index contributed by atoms with van der Waals surface area (Å²) in [4.78, 5) is 28.0. The first-order valence-corrected chi connectivity index (χ1v) is 10.1. The maximum Gasteiger partial charge on any atom is 0.270 e. The van der Waals surface area contributed by atoms with Gasteiger partial charge in [0.25, 0.3) is 5.69 Å². The summed E-state index contributed by atoms with van der Waals surface area (Å²) in [6.07, 6.45) is 3.29. The van der Waals surface area contributed by atoms with Gasteiger partial charge in [0.1, 0.15) is 17.1 Å². The number of nitro benzene ring substituents is 1. The van der Waals surface area contributed by atoms with Gasteiger partial charge in [0.05, 0.1) is 33.7 Å². The molecule has 0 aliphatic heterocycles. The molecule has 2 aromatic carbocycles. The van der Waals surface area contributed by atoms with Crippen LogP contribution in [0.25, 0.3) is 34.4 Å². The summed E-state index contributed by atoms with van der Waals surface area (Å²) in [5, 5.41) is 13.2. The quantitative estimate of drug-likeness (QED) is 0.306. The van der Waals surface area contributed by atoms with E-state index in [9.17, 15) is 14.9 Å². The minimum Gasteiger partial charge on any atom is -0.494 e. The highest BCUT2D eigenvalue weighted by molar-refractivity contribution is 7.07. The van der Waals surface area contributed by atoms with Crippen LogP contribution in [0.15, 0.2) is 62.6 Å². The number of non-ortho nitro benzene ring substituents is 1. The van der Waals surface area contributed by atoms with Crippen molar-refractivity contribution < 1.29 is 14.1 Å². The number of benzene rings is 2. The van der Waals surface area contributed by atoms with Gasteiger partial charge in [-0.2, -0.15) is 0 Å². The van der Waals surface area contributed by atoms with Crippen LogP contribution in [-0.2, 0) is 0 Å². The van der Waals surface area contributed by atoms with E-state index in [4.69, 9.17) is 9.15 Å². The van der Waals surface area contributed by atoms with Crippen LogP contribution < -0.4 is 10.2 Å². The van der Waals surface area contributed by atoms with Crippen LogP contribution in [0.4, 0.5) is 5.69 Å². The van der Waals surface area contributed by atoms with Gasteiger partial charge in [-0.05, 0) is 30.7 Å². The summed E-state index contributed by atoms with van der Waals surface area (Å²) in [6, 6.07) is 11.3. The molecule has 0 atom stereocenters. The van der Waals surface area contributed by atoms with E-state index in [-0.39, 0.29) is 11.1 Å². The molecule has 4 rings (SSSR count). The molecule has 4 aromatic rings. The zero-order valence-corrected chi connectivity index (χ0v) is 16.7. The molecule has 0 aliphatic carbocycles. The molecule has 2 aromatic heterocycles. The lowest BCUT2D eigenvalue weighted by Gasteiger charge is -2.08. The van der Waals surface area contributed by atoms with Gasteiger partial charge in [-0.15, -0.1) is 11.3 Å². The molecule has 0 aliphatic rings. The van der Waals surface area contributed by atoms with Crippen LogP contribution in [-0.4, -0.2) is 16.5 Å². The topological polar surface area (TPSA) is 95.5 Å². The highest BCUT2D eigenvalue weighted by Crippen LogP contribution is 2.28. The number of aromatic nitrogens is 1. The summed E-state index contributed by atoms with van der Waals surface area (Å²) in [6.45, 7) is 2.37. The van der Waals surface area contributed by atoms with Crippen molar-refractivity contribution in [2.75, 3.05) is 6.61 Å². The van der Waals surface area contributed by atoms with Crippen molar-refractivity contribution >= 4 is 40.1 Å². The van der Waals surface area contributed by atoms with Crippen molar-refractivity contribution in [1.82, 2.24) is 4.98 Å². The number of ether oxygens (including phenoxy) is 1. The van der Waals surface area contributed by atoms with Gasteiger partial charge < -0.3 is 9.15 Å². The number of nitrogens with zero attached hydrogens (tertiary/aromatic N) is 2. The van der Waals surface area contributed by atoms with Crippen molar-refractivity contribution in [3.63, 3.8) is 0 Å². The molecule has 0 fully saturated rings. The number of hydrogen-bond acceptors (Lipinski definition) is 7. The Morgan fingerprint density at radius 1 is 1.23 bits per heavy atom. The van der Waals surface area contributed by atoms with Crippen molar-refractivity contribution in [2.24, 2.45) is 0 Å². The van der Waals surface area contributed by atoms with Gasteiger partial charge in [0.15, 0.2) is 0 Å². The van der Waals surface area contributed by atoms with Crippen LogP contribution in [0.2, 0.25) is 0 Å². The van der Waals surface area contributed by atoms with Gasteiger partial charge in [-0.1, -0.05) is 18.2 Å². The summed E-state index contributed by atoms with van der Waals surface area (Å²) >= 11 is 1.38. The number of hydrogen-bond donors (Lipinski definition) is 0. The normalized spacial score (nSPS) is 11.2. The molecule has 7 nitrogen and oxygen atoms in total. The molecule has 0 radical (unpaired) electrons. The van der Waals surface area contributed by atoms with Gasteiger partial charge in [-0.25, -0.2) is 4.98 Å². The third-order valence-corrected chi connectivity index (χ3v) is 4.99. The first-order chi connectivity index (χ1) is 14.6. The Labute approximate surface area is 175 Å². The Kier molecular flexibility index (Phi) is 5.40. The zero-order chi connectivity index (χ0) is 21.1. The zero-order valence-electron chi connectivity index (χ0n) is 15.9. The molecule has 150 valence electrons. The van der Waals surface area contributed by atoms with Gasteiger partial charge in [0, 0.05) is 23.6 Å². The predicted molar refractivity (Wildman–Crippen MR) is 117 cm³/mol. The van der Waals surface area contributed by atoms with Crippen LogP contribution >= 0.6 is 11.3 Å². The van der Waals surface area contributed by atoms with Crippen LogP contribution in [0.5, 0.6) is 5.75 Å². The first kappa shape index (κ1) is 19.5. The molecule has 0 spiro atoms. The predicted octanol–water partition coefficient (Wildman–Crippen LogP) is 5.39. The number of rotatable bonds is 6. The lowest BCUT2D eigenvalue weighted by molar-refractivity contribution is -0.384. The highest BCUT2D eigenvalue weighted by Gasteiger charge is 2.17. The van der Waals surface area contributed by atoms with E-state index >= 15 is 0 Å². The third-order valence-electron chi connectivity index (χ3n) is 4.40. The molecule has 0 unspecified atom stereocenters. The third kappa shape index (κ3) is 3.85. The number of nitro groups is 1. The lowest BCUT2D eigenvalue weighted by Crippen LogP contribution is -2.08. The fourth-order valence-electron chi connectivity index (χ4n) is 3.06. The van der Waals surface area contributed by atoms with Crippen molar-refractivity contribution in [3.05, 3.63) is 85.0 Å². The Bertz CT molecular complexity index is 1310. The standard InChI is InChI=1S/C22H16N2O5S/c1-2-28-16-7-8-17-20(11-16)29-19(21(22(17)25)18-12-30-13-23-18)9-6-14-4-3-5-15(10-14)24(26)27/h3-13H,2H2,1H3/b9-6+. The molecule has 8 heteroatoms. The minimum absolute atomic E-state index is 0.0156. The van der Waals surface area contributed by atoms with E-state index in [1.807, 2.05) is 6.92 Å². The summed E-state index contributed by atoms with van der Waals surface area (Å²) in [5.41, 5.74) is 3.29. The Morgan fingerprint density at radius 3 is 2.83 bits per heavy atom. The number of fused-ring (bicyclic) bond motifs is 1. The van der Waals surface area contributed by atoms with Crippen LogP contribution in [0, 0.1) is 10.1 Å². The molecule has 2 heterocycles. The average molecular weight is 420 g/mol. The van der Waals surface area contributed by atoms with Gasteiger partial charge in [-0.3, -0.25) is 14.9 Å². The van der Waals surface area contributed by atoms with Crippen molar-refractivity contribution in [3.8, 4) is 17.0 Å². The van der Waals surface area contributed by atoms with E-state index in [1.165, 1.54) is 23.5 Å². The number of thiazole rings is 1. The Morgan fingerprint density at radius 2 is 2.10 bits per heavy atom. The second-order valence-electron chi connectivity index (χ2n) is 6.32. The molecule has 0 bridgehead atoms. The van der Waals surface area contributed by atoms with E-state index < -0.39 is 4.92 Å². The smallest absolute Gasteiger partial charge is 0.270 e. The largest absolute Gasteiger partial charge is 0.494 e. The summed E-state index contributed by atoms with van der Waals surface area (Å²) < 4.78 is 11.6. The molecule has 0 amide bonds. The lowest BCUT2D eigenvalue weighted by atomic mass is 10.1. The maximum atomic E-state index is 13.2. The molecule has 0 saturated heterocycles. The summed E-state index contributed by atoms with van der Waals surface area (Å²) in [5.74, 6) is 0.918. The average Bonchev–Trinajstić information content (AvgIpc) is 3.27. The second kappa shape index (κ2) is 8.30. The summed E-state index contributed by atoms with van der Waals surface area (Å²) in [7, 11) is 0. The molecular weight excluding hydrogens is 404 g/mol.